The average Bonchev–Trinajstić information content (AvgIpc) is 2.58. The van der Waals surface area contributed by atoms with E-state index >= 15 is 0 Å². The number of halogens is 1. The van der Waals surface area contributed by atoms with Gasteiger partial charge in [0, 0.05) is 30.6 Å². The summed E-state index contributed by atoms with van der Waals surface area (Å²) in [6, 6.07) is 6.01. The summed E-state index contributed by atoms with van der Waals surface area (Å²) >= 11 is 6.22. The second kappa shape index (κ2) is 3.79. The van der Waals surface area contributed by atoms with Crippen molar-refractivity contribution in [1.29, 1.82) is 0 Å². The quantitative estimate of drug-likeness (QED) is 0.854. The van der Waals surface area contributed by atoms with Crippen LogP contribution in [0.1, 0.15) is 19.4 Å². The Labute approximate surface area is 101 Å². The fourth-order valence-corrected chi connectivity index (χ4v) is 2.38. The molecule has 0 unspecified atom stereocenters. The van der Waals surface area contributed by atoms with E-state index < -0.39 is 0 Å². The summed E-state index contributed by atoms with van der Waals surface area (Å²) in [4.78, 5) is 0. The average molecular weight is 237 g/mol. The number of aryl methyl sites for hydroxylation is 1. The molecule has 2 rings (SSSR count). The maximum absolute atomic E-state index is 6.22. The predicted octanol–water partition coefficient (Wildman–Crippen LogP) is 3.07. The Bertz CT molecular complexity index is 526. The van der Waals surface area contributed by atoms with Crippen LogP contribution < -0.4 is 5.73 Å². The summed E-state index contributed by atoms with van der Waals surface area (Å²) < 4.78 is 2.07. The molecular formula is C13H17ClN2. The molecule has 0 spiro atoms. The van der Waals surface area contributed by atoms with Gasteiger partial charge in [-0.15, -0.1) is 0 Å². The molecule has 1 heterocycles. The lowest BCUT2D eigenvalue weighted by molar-refractivity contribution is 0.542. The number of hydrogen-bond acceptors (Lipinski definition) is 1. The number of aromatic nitrogens is 1. The molecule has 0 aliphatic heterocycles. The minimum absolute atomic E-state index is 0.0236. The molecule has 0 atom stereocenters. The monoisotopic (exact) mass is 236 g/mol. The minimum Gasteiger partial charge on any atom is -0.349 e. The molecular weight excluding hydrogens is 220 g/mol. The van der Waals surface area contributed by atoms with Crippen LogP contribution in [0.4, 0.5) is 0 Å². The molecule has 16 heavy (non-hydrogen) atoms. The van der Waals surface area contributed by atoms with Gasteiger partial charge in [-0.25, -0.2) is 0 Å². The highest BCUT2D eigenvalue weighted by atomic mass is 35.5. The Morgan fingerprint density at radius 2 is 2.06 bits per heavy atom. The maximum Gasteiger partial charge on any atom is 0.0670 e. The maximum atomic E-state index is 6.22. The second-order valence-corrected chi connectivity index (χ2v) is 5.28. The Morgan fingerprint density at radius 3 is 2.69 bits per heavy atom. The molecule has 0 amide bonds. The van der Waals surface area contributed by atoms with E-state index in [0.717, 1.165) is 10.5 Å². The zero-order valence-corrected chi connectivity index (χ0v) is 10.7. The van der Waals surface area contributed by atoms with Crippen LogP contribution in [0, 0.1) is 0 Å². The topological polar surface area (TPSA) is 30.9 Å². The van der Waals surface area contributed by atoms with Gasteiger partial charge in [0.2, 0.25) is 0 Å². The smallest absolute Gasteiger partial charge is 0.0670 e. The molecule has 1 aromatic carbocycles. The normalized spacial score (nSPS) is 12.3. The SMILES string of the molecule is Cn1cc(C(C)(C)CN)c2cccc(Cl)c21. The van der Waals surface area contributed by atoms with Gasteiger partial charge in [0.25, 0.3) is 0 Å². The lowest BCUT2D eigenvalue weighted by atomic mass is 9.85. The summed E-state index contributed by atoms with van der Waals surface area (Å²) in [5.74, 6) is 0. The Balaban J connectivity index is 2.79. The minimum atomic E-state index is -0.0236. The first kappa shape index (κ1) is 11.5. The van der Waals surface area contributed by atoms with Crippen LogP contribution in [0.5, 0.6) is 0 Å². The molecule has 1 aromatic heterocycles. The van der Waals surface area contributed by atoms with Crippen molar-refractivity contribution in [2.45, 2.75) is 19.3 Å². The van der Waals surface area contributed by atoms with Crippen molar-refractivity contribution in [3.05, 3.63) is 35.0 Å². The highest BCUT2D eigenvalue weighted by Gasteiger charge is 2.23. The van der Waals surface area contributed by atoms with Gasteiger partial charge < -0.3 is 10.3 Å². The van der Waals surface area contributed by atoms with E-state index in [0.29, 0.717) is 6.54 Å². The van der Waals surface area contributed by atoms with Gasteiger partial charge in [0.05, 0.1) is 10.5 Å². The van der Waals surface area contributed by atoms with Crippen molar-refractivity contribution >= 4 is 22.5 Å². The Morgan fingerprint density at radius 1 is 1.38 bits per heavy atom. The fourth-order valence-electron chi connectivity index (χ4n) is 2.07. The molecule has 0 radical (unpaired) electrons. The van der Waals surface area contributed by atoms with Crippen LogP contribution in [-0.2, 0) is 12.5 Å². The highest BCUT2D eigenvalue weighted by Crippen LogP contribution is 2.34. The van der Waals surface area contributed by atoms with Crippen molar-refractivity contribution in [3.8, 4) is 0 Å². The molecule has 0 aliphatic carbocycles. The molecule has 0 saturated carbocycles. The van der Waals surface area contributed by atoms with Gasteiger partial charge in [0.15, 0.2) is 0 Å². The van der Waals surface area contributed by atoms with E-state index in [9.17, 15) is 0 Å². The summed E-state index contributed by atoms with van der Waals surface area (Å²) in [6.07, 6.45) is 2.13. The largest absolute Gasteiger partial charge is 0.349 e. The predicted molar refractivity (Wildman–Crippen MR) is 70.0 cm³/mol. The van der Waals surface area contributed by atoms with Crippen molar-refractivity contribution in [3.63, 3.8) is 0 Å². The third kappa shape index (κ3) is 1.62. The third-order valence-corrected chi connectivity index (χ3v) is 3.50. The van der Waals surface area contributed by atoms with Crippen LogP contribution in [0.2, 0.25) is 5.02 Å². The van der Waals surface area contributed by atoms with Crippen LogP contribution >= 0.6 is 11.6 Å². The van der Waals surface area contributed by atoms with Crippen LogP contribution in [0.25, 0.3) is 10.9 Å². The standard InChI is InChI=1S/C13H17ClN2/c1-13(2,8-15)10-7-16(3)12-9(10)5-4-6-11(12)14/h4-7H,8,15H2,1-3H3. The molecule has 86 valence electrons. The van der Waals surface area contributed by atoms with Crippen molar-refractivity contribution in [2.75, 3.05) is 6.54 Å². The number of rotatable bonds is 2. The first-order chi connectivity index (χ1) is 7.47. The lowest BCUT2D eigenvalue weighted by Gasteiger charge is -2.21. The van der Waals surface area contributed by atoms with E-state index in [4.69, 9.17) is 17.3 Å². The van der Waals surface area contributed by atoms with Crippen molar-refractivity contribution in [2.24, 2.45) is 12.8 Å². The second-order valence-electron chi connectivity index (χ2n) is 4.88. The Kier molecular flexibility index (Phi) is 2.72. The van der Waals surface area contributed by atoms with Gasteiger partial charge >= 0.3 is 0 Å². The van der Waals surface area contributed by atoms with Gasteiger partial charge in [-0.05, 0) is 11.6 Å². The number of benzene rings is 1. The van der Waals surface area contributed by atoms with Gasteiger partial charge in [-0.3, -0.25) is 0 Å². The summed E-state index contributed by atoms with van der Waals surface area (Å²) in [6.45, 7) is 4.93. The summed E-state index contributed by atoms with van der Waals surface area (Å²) in [5, 5.41) is 1.99. The van der Waals surface area contributed by atoms with E-state index in [-0.39, 0.29) is 5.41 Å². The zero-order chi connectivity index (χ0) is 11.9. The van der Waals surface area contributed by atoms with E-state index in [1.165, 1.54) is 10.9 Å². The summed E-state index contributed by atoms with van der Waals surface area (Å²) in [7, 11) is 2.02. The molecule has 2 aromatic rings. The fraction of sp³-hybridized carbons (Fsp3) is 0.385. The van der Waals surface area contributed by atoms with Gasteiger partial charge in [-0.1, -0.05) is 37.6 Å². The number of hydrogen-bond donors (Lipinski definition) is 1. The zero-order valence-electron chi connectivity index (χ0n) is 9.92. The van der Waals surface area contributed by atoms with Crippen LogP contribution in [0.3, 0.4) is 0 Å². The first-order valence-electron chi connectivity index (χ1n) is 5.41. The highest BCUT2D eigenvalue weighted by molar-refractivity contribution is 6.35. The molecule has 0 aliphatic rings. The first-order valence-corrected chi connectivity index (χ1v) is 5.79. The number of para-hydroxylation sites is 1. The van der Waals surface area contributed by atoms with E-state index in [1.54, 1.807) is 0 Å². The molecule has 0 fully saturated rings. The van der Waals surface area contributed by atoms with Crippen LogP contribution in [-0.4, -0.2) is 11.1 Å². The van der Waals surface area contributed by atoms with E-state index in [2.05, 4.69) is 30.7 Å². The molecule has 3 heteroatoms. The summed E-state index contributed by atoms with van der Waals surface area (Å²) in [5.41, 5.74) is 8.15. The molecule has 0 bridgehead atoms. The molecule has 0 saturated heterocycles. The third-order valence-electron chi connectivity index (χ3n) is 3.19. The molecule has 2 N–H and O–H groups in total. The van der Waals surface area contributed by atoms with Crippen molar-refractivity contribution in [1.82, 2.24) is 4.57 Å². The number of fused-ring (bicyclic) bond motifs is 1. The molecule has 2 nitrogen and oxygen atoms in total. The van der Waals surface area contributed by atoms with Crippen molar-refractivity contribution < 1.29 is 0 Å². The van der Waals surface area contributed by atoms with Gasteiger partial charge in [-0.2, -0.15) is 0 Å². The Hall–Kier alpha value is -0.990. The number of nitrogens with two attached hydrogens (primary N) is 1. The van der Waals surface area contributed by atoms with E-state index in [1.807, 2.05) is 19.2 Å². The van der Waals surface area contributed by atoms with Gasteiger partial charge in [0.1, 0.15) is 0 Å². The number of nitrogens with zero attached hydrogens (tertiary/aromatic N) is 1. The van der Waals surface area contributed by atoms with Crippen LogP contribution in [0.15, 0.2) is 24.4 Å². The lowest BCUT2D eigenvalue weighted by Crippen LogP contribution is -2.27.